The number of benzene rings is 2. The molecule has 7 nitrogen and oxygen atoms in total. The molecule has 0 unspecified atom stereocenters. The first-order chi connectivity index (χ1) is 13.5. The van der Waals surface area contributed by atoms with Gasteiger partial charge in [-0.25, -0.2) is 0 Å². The lowest BCUT2D eigenvalue weighted by atomic mass is 10.1. The van der Waals surface area contributed by atoms with Gasteiger partial charge in [0.2, 0.25) is 0 Å². The van der Waals surface area contributed by atoms with Gasteiger partial charge in [0, 0.05) is 36.8 Å². The molecule has 0 bridgehead atoms. The number of nitrogens with zero attached hydrogens (tertiary/aromatic N) is 2. The summed E-state index contributed by atoms with van der Waals surface area (Å²) >= 11 is 5.07. The second kappa shape index (κ2) is 8.62. The van der Waals surface area contributed by atoms with E-state index in [1.807, 2.05) is 26.1 Å². The minimum atomic E-state index is -0.216. The molecular formula is C20H21N5O2S. The van der Waals surface area contributed by atoms with Crippen molar-refractivity contribution in [2.24, 2.45) is 7.05 Å². The number of hydrogen-bond acceptors (Lipinski definition) is 4. The topological polar surface area (TPSA) is 91.8 Å². The van der Waals surface area contributed by atoms with E-state index in [0.717, 1.165) is 11.4 Å². The third kappa shape index (κ3) is 4.52. The van der Waals surface area contributed by atoms with Crippen molar-refractivity contribution >= 4 is 29.7 Å². The van der Waals surface area contributed by atoms with Crippen LogP contribution in [0, 0.1) is 11.7 Å². The van der Waals surface area contributed by atoms with E-state index in [2.05, 4.69) is 20.8 Å². The average Bonchev–Trinajstić information content (AvgIpc) is 3.02. The van der Waals surface area contributed by atoms with Crippen LogP contribution < -0.4 is 10.6 Å². The normalized spacial score (nSPS) is 10.5. The van der Waals surface area contributed by atoms with Crippen molar-refractivity contribution in [2.75, 3.05) is 11.9 Å². The molecule has 3 aromatic rings. The van der Waals surface area contributed by atoms with Crippen LogP contribution in [-0.2, 0) is 13.5 Å². The highest BCUT2D eigenvalue weighted by Crippen LogP contribution is 2.18. The highest BCUT2D eigenvalue weighted by Gasteiger charge is 2.12. The number of rotatable bonds is 6. The highest BCUT2D eigenvalue weighted by molar-refractivity contribution is 7.71. The first kappa shape index (κ1) is 19.5. The Morgan fingerprint density at radius 3 is 2.54 bits per heavy atom. The zero-order valence-electron chi connectivity index (χ0n) is 15.7. The standard InChI is InChI=1S/C20H21N5O2S/c1-13-8-9-15(12-16(13)22-19(27)14-6-4-3-5-7-14)18(26)21-11-10-17-23-24-20(28)25(17)2/h3-9,12H,10-11H2,1-2H3,(H,21,26)(H,22,27)(H,24,28). The maximum Gasteiger partial charge on any atom is 0.255 e. The molecule has 0 aliphatic heterocycles. The van der Waals surface area contributed by atoms with Gasteiger partial charge in [-0.2, -0.15) is 5.10 Å². The summed E-state index contributed by atoms with van der Waals surface area (Å²) in [5, 5.41) is 12.6. The number of amides is 2. The number of aromatic amines is 1. The fraction of sp³-hybridized carbons (Fsp3) is 0.200. The molecule has 3 N–H and O–H groups in total. The Hall–Kier alpha value is -3.26. The summed E-state index contributed by atoms with van der Waals surface area (Å²) in [5.41, 5.74) is 2.52. The van der Waals surface area contributed by atoms with Crippen molar-refractivity contribution in [3.63, 3.8) is 0 Å². The molecule has 1 heterocycles. The quantitative estimate of drug-likeness (QED) is 0.560. The number of carbonyl (C=O) groups excluding carboxylic acids is 2. The summed E-state index contributed by atoms with van der Waals surface area (Å²) in [5.74, 6) is 0.337. The van der Waals surface area contributed by atoms with Crippen LogP contribution in [0.15, 0.2) is 48.5 Å². The van der Waals surface area contributed by atoms with Gasteiger partial charge in [0.25, 0.3) is 11.8 Å². The third-order valence-corrected chi connectivity index (χ3v) is 4.76. The van der Waals surface area contributed by atoms with Crippen molar-refractivity contribution in [3.05, 3.63) is 75.8 Å². The van der Waals surface area contributed by atoms with E-state index in [4.69, 9.17) is 12.2 Å². The number of H-pyrrole nitrogens is 1. The van der Waals surface area contributed by atoms with Crippen molar-refractivity contribution in [1.82, 2.24) is 20.1 Å². The molecule has 1 aromatic heterocycles. The Morgan fingerprint density at radius 1 is 1.11 bits per heavy atom. The highest BCUT2D eigenvalue weighted by atomic mass is 32.1. The van der Waals surface area contributed by atoms with Gasteiger partial charge in [-0.3, -0.25) is 14.7 Å². The van der Waals surface area contributed by atoms with Gasteiger partial charge in [0.1, 0.15) is 5.82 Å². The molecule has 144 valence electrons. The number of aryl methyl sites for hydroxylation is 1. The molecule has 0 spiro atoms. The van der Waals surface area contributed by atoms with E-state index in [1.165, 1.54) is 0 Å². The van der Waals surface area contributed by atoms with Crippen LogP contribution in [0.3, 0.4) is 0 Å². The predicted octanol–water partition coefficient (Wildman–Crippen LogP) is 3.01. The Labute approximate surface area is 167 Å². The van der Waals surface area contributed by atoms with Crippen LogP contribution >= 0.6 is 12.2 Å². The minimum Gasteiger partial charge on any atom is -0.352 e. The van der Waals surface area contributed by atoms with Crippen LogP contribution in [-0.4, -0.2) is 33.1 Å². The van der Waals surface area contributed by atoms with Crippen molar-refractivity contribution in [2.45, 2.75) is 13.3 Å². The number of carbonyl (C=O) groups is 2. The fourth-order valence-corrected chi connectivity index (χ4v) is 2.83. The summed E-state index contributed by atoms with van der Waals surface area (Å²) in [6.07, 6.45) is 0.554. The van der Waals surface area contributed by atoms with E-state index in [1.54, 1.807) is 41.0 Å². The maximum atomic E-state index is 12.5. The number of anilines is 1. The van der Waals surface area contributed by atoms with Crippen LogP contribution in [0.25, 0.3) is 0 Å². The summed E-state index contributed by atoms with van der Waals surface area (Å²) < 4.78 is 2.31. The first-order valence-corrected chi connectivity index (χ1v) is 9.22. The van der Waals surface area contributed by atoms with Gasteiger partial charge in [-0.15, -0.1) is 0 Å². The van der Waals surface area contributed by atoms with E-state index in [9.17, 15) is 9.59 Å². The second-order valence-corrected chi connectivity index (χ2v) is 6.75. The van der Waals surface area contributed by atoms with Crippen molar-refractivity contribution in [3.8, 4) is 0 Å². The fourth-order valence-electron chi connectivity index (χ4n) is 2.67. The summed E-state index contributed by atoms with van der Waals surface area (Å²) in [6.45, 7) is 2.30. The average molecular weight is 395 g/mol. The molecule has 0 saturated carbocycles. The molecule has 2 aromatic carbocycles. The summed E-state index contributed by atoms with van der Waals surface area (Å²) in [6, 6.07) is 14.2. The third-order valence-electron chi connectivity index (χ3n) is 4.39. The Morgan fingerprint density at radius 2 is 1.86 bits per heavy atom. The lowest BCUT2D eigenvalue weighted by molar-refractivity contribution is 0.0952. The van der Waals surface area contributed by atoms with Gasteiger partial charge in [-0.05, 0) is 49.0 Å². The lowest BCUT2D eigenvalue weighted by Gasteiger charge is -2.11. The van der Waals surface area contributed by atoms with Gasteiger partial charge < -0.3 is 15.2 Å². The molecule has 28 heavy (non-hydrogen) atoms. The Bertz CT molecular complexity index is 1060. The van der Waals surface area contributed by atoms with Crippen LogP contribution in [0.4, 0.5) is 5.69 Å². The largest absolute Gasteiger partial charge is 0.352 e. The first-order valence-electron chi connectivity index (χ1n) is 8.81. The van der Waals surface area contributed by atoms with Crippen molar-refractivity contribution in [1.29, 1.82) is 0 Å². The molecule has 3 rings (SSSR count). The van der Waals surface area contributed by atoms with Gasteiger partial charge >= 0.3 is 0 Å². The number of hydrogen-bond donors (Lipinski definition) is 3. The SMILES string of the molecule is Cc1ccc(C(=O)NCCc2n[nH]c(=S)n2C)cc1NC(=O)c1ccccc1. The summed E-state index contributed by atoms with van der Waals surface area (Å²) in [7, 11) is 1.82. The lowest BCUT2D eigenvalue weighted by Crippen LogP contribution is -2.26. The zero-order chi connectivity index (χ0) is 20.1. The zero-order valence-corrected chi connectivity index (χ0v) is 16.5. The number of aromatic nitrogens is 3. The summed E-state index contributed by atoms with van der Waals surface area (Å²) in [4.78, 5) is 24.8. The molecule has 0 radical (unpaired) electrons. The Kier molecular flexibility index (Phi) is 6.00. The molecular weight excluding hydrogens is 374 g/mol. The smallest absolute Gasteiger partial charge is 0.255 e. The minimum absolute atomic E-state index is 0.216. The van der Waals surface area contributed by atoms with E-state index < -0.39 is 0 Å². The van der Waals surface area contributed by atoms with Gasteiger partial charge in [-0.1, -0.05) is 24.3 Å². The molecule has 2 amide bonds. The second-order valence-electron chi connectivity index (χ2n) is 6.36. The number of nitrogens with one attached hydrogen (secondary N) is 3. The van der Waals surface area contributed by atoms with E-state index in [-0.39, 0.29) is 11.8 Å². The van der Waals surface area contributed by atoms with E-state index in [0.29, 0.717) is 34.6 Å². The van der Waals surface area contributed by atoms with E-state index >= 15 is 0 Å². The van der Waals surface area contributed by atoms with Crippen LogP contribution in [0.2, 0.25) is 0 Å². The molecule has 8 heteroatoms. The molecule has 0 aliphatic carbocycles. The molecule has 0 fully saturated rings. The van der Waals surface area contributed by atoms with Crippen LogP contribution in [0.5, 0.6) is 0 Å². The van der Waals surface area contributed by atoms with Gasteiger partial charge in [0.05, 0.1) is 0 Å². The monoisotopic (exact) mass is 395 g/mol. The predicted molar refractivity (Wildman–Crippen MR) is 110 cm³/mol. The van der Waals surface area contributed by atoms with Crippen LogP contribution in [0.1, 0.15) is 32.1 Å². The molecule has 0 saturated heterocycles. The van der Waals surface area contributed by atoms with Gasteiger partial charge in [0.15, 0.2) is 4.77 Å². The molecule has 0 aliphatic rings. The Balaban J connectivity index is 1.64. The maximum absolute atomic E-state index is 12.5. The van der Waals surface area contributed by atoms with Crippen molar-refractivity contribution < 1.29 is 9.59 Å². The molecule has 0 atom stereocenters.